The van der Waals surface area contributed by atoms with Crippen LogP contribution < -0.4 is 4.72 Å². The SMILES string of the molecule is Cc1ncc(S(=O)(=O)Nc2c(C(=O)O)cnn2C)s1. The molecule has 19 heavy (non-hydrogen) atoms. The number of aromatic carboxylic acids is 1. The lowest BCUT2D eigenvalue weighted by atomic mass is 10.3. The van der Waals surface area contributed by atoms with Crippen LogP contribution in [0.25, 0.3) is 0 Å². The number of carbonyl (C=O) groups is 1. The molecule has 2 rings (SSSR count). The highest BCUT2D eigenvalue weighted by atomic mass is 32.2. The second kappa shape index (κ2) is 4.63. The Kier molecular flexibility index (Phi) is 3.28. The molecule has 0 aliphatic heterocycles. The fourth-order valence-electron chi connectivity index (χ4n) is 1.36. The first-order valence-corrected chi connectivity index (χ1v) is 7.32. The molecule has 0 fully saturated rings. The van der Waals surface area contributed by atoms with Crippen molar-refractivity contribution in [2.75, 3.05) is 4.72 Å². The maximum absolute atomic E-state index is 12.1. The number of aryl methyl sites for hydroxylation is 2. The third-order valence-corrected chi connectivity index (χ3v) is 4.98. The molecule has 0 saturated carbocycles. The molecule has 0 amide bonds. The minimum Gasteiger partial charge on any atom is -0.477 e. The van der Waals surface area contributed by atoms with E-state index in [1.807, 2.05) is 0 Å². The minimum absolute atomic E-state index is 0.0162. The second-order valence-corrected chi connectivity index (χ2v) is 6.78. The minimum atomic E-state index is -3.86. The molecule has 10 heteroatoms. The van der Waals surface area contributed by atoms with E-state index in [0.29, 0.717) is 5.01 Å². The number of thiazole rings is 1. The molecular weight excluding hydrogens is 292 g/mol. The van der Waals surface area contributed by atoms with Crippen molar-refractivity contribution >= 4 is 33.1 Å². The Morgan fingerprint density at radius 2 is 2.16 bits per heavy atom. The van der Waals surface area contributed by atoms with Crippen molar-refractivity contribution in [3.63, 3.8) is 0 Å². The molecule has 0 saturated heterocycles. The van der Waals surface area contributed by atoms with Crippen LogP contribution in [0.2, 0.25) is 0 Å². The summed E-state index contributed by atoms with van der Waals surface area (Å²) in [7, 11) is -2.41. The van der Waals surface area contributed by atoms with Gasteiger partial charge in [-0.25, -0.2) is 18.2 Å². The Balaban J connectivity index is 2.41. The first-order valence-electron chi connectivity index (χ1n) is 5.02. The standard InChI is InChI=1S/C9H10N4O4S2/c1-5-10-4-7(18-5)19(16,17)12-8-6(9(14)15)3-11-13(8)2/h3-4,12H,1-2H3,(H,14,15). The molecule has 0 aromatic carbocycles. The molecule has 2 heterocycles. The van der Waals surface area contributed by atoms with E-state index >= 15 is 0 Å². The largest absolute Gasteiger partial charge is 0.477 e. The Bertz CT molecular complexity index is 731. The van der Waals surface area contributed by atoms with Gasteiger partial charge in [0.25, 0.3) is 10.0 Å². The smallest absolute Gasteiger partial charge is 0.341 e. The zero-order valence-corrected chi connectivity index (χ0v) is 11.6. The summed E-state index contributed by atoms with van der Waals surface area (Å²) in [5, 5.41) is 13.3. The summed E-state index contributed by atoms with van der Waals surface area (Å²) in [5.41, 5.74) is -0.215. The zero-order valence-electron chi connectivity index (χ0n) is 9.98. The van der Waals surface area contributed by atoms with Crippen molar-refractivity contribution < 1.29 is 18.3 Å². The Morgan fingerprint density at radius 3 is 2.68 bits per heavy atom. The van der Waals surface area contributed by atoms with Gasteiger partial charge in [0, 0.05) is 7.05 Å². The third-order valence-electron chi connectivity index (χ3n) is 2.27. The number of carboxylic acids is 1. The lowest BCUT2D eigenvalue weighted by Crippen LogP contribution is -2.16. The van der Waals surface area contributed by atoms with Crippen LogP contribution in [0.15, 0.2) is 16.6 Å². The van der Waals surface area contributed by atoms with Crippen molar-refractivity contribution in [1.29, 1.82) is 0 Å². The molecular formula is C9H10N4O4S2. The van der Waals surface area contributed by atoms with E-state index in [-0.39, 0.29) is 15.6 Å². The van der Waals surface area contributed by atoms with E-state index in [1.54, 1.807) is 6.92 Å². The Labute approximate surface area is 112 Å². The summed E-state index contributed by atoms with van der Waals surface area (Å²) in [6.45, 7) is 1.68. The van der Waals surface area contributed by atoms with Gasteiger partial charge in [0.1, 0.15) is 5.56 Å². The summed E-state index contributed by atoms with van der Waals surface area (Å²) in [6.07, 6.45) is 2.30. The van der Waals surface area contributed by atoms with Gasteiger partial charge in [-0.05, 0) is 6.92 Å². The van der Waals surface area contributed by atoms with Crippen molar-refractivity contribution in [1.82, 2.24) is 14.8 Å². The molecule has 2 N–H and O–H groups in total. The normalized spacial score (nSPS) is 11.5. The Morgan fingerprint density at radius 1 is 1.47 bits per heavy atom. The molecule has 0 bridgehead atoms. The molecule has 8 nitrogen and oxygen atoms in total. The van der Waals surface area contributed by atoms with Crippen LogP contribution in [0.5, 0.6) is 0 Å². The van der Waals surface area contributed by atoms with Crippen LogP contribution in [0, 0.1) is 6.92 Å². The maximum Gasteiger partial charge on any atom is 0.341 e. The molecule has 2 aromatic heterocycles. The van der Waals surface area contributed by atoms with Gasteiger partial charge in [-0.1, -0.05) is 0 Å². The zero-order chi connectivity index (χ0) is 14.2. The van der Waals surface area contributed by atoms with Crippen molar-refractivity contribution in [2.45, 2.75) is 11.1 Å². The van der Waals surface area contributed by atoms with Gasteiger partial charge in [0.05, 0.1) is 17.4 Å². The highest BCUT2D eigenvalue weighted by molar-refractivity contribution is 7.94. The molecule has 0 aliphatic carbocycles. The summed E-state index contributed by atoms with van der Waals surface area (Å²) in [4.78, 5) is 14.8. The Hall–Kier alpha value is -1.94. The molecule has 0 spiro atoms. The number of anilines is 1. The number of aromatic nitrogens is 3. The van der Waals surface area contributed by atoms with Gasteiger partial charge in [-0.3, -0.25) is 9.40 Å². The van der Waals surface area contributed by atoms with Gasteiger partial charge >= 0.3 is 5.97 Å². The molecule has 0 radical (unpaired) electrons. The van der Waals surface area contributed by atoms with Crippen molar-refractivity contribution in [3.8, 4) is 0 Å². The van der Waals surface area contributed by atoms with Gasteiger partial charge < -0.3 is 5.11 Å². The van der Waals surface area contributed by atoms with E-state index < -0.39 is 16.0 Å². The highest BCUT2D eigenvalue weighted by Gasteiger charge is 2.23. The lowest BCUT2D eigenvalue weighted by Gasteiger charge is -2.07. The predicted molar refractivity (Wildman–Crippen MR) is 67.8 cm³/mol. The van der Waals surface area contributed by atoms with E-state index in [0.717, 1.165) is 22.2 Å². The fraction of sp³-hybridized carbons (Fsp3) is 0.222. The average Bonchev–Trinajstić information content (AvgIpc) is 2.87. The predicted octanol–water partition coefficient (Wildman–Crippen LogP) is 0.684. The van der Waals surface area contributed by atoms with Crippen molar-refractivity contribution in [3.05, 3.63) is 23.0 Å². The van der Waals surface area contributed by atoms with Gasteiger partial charge in [-0.15, -0.1) is 11.3 Å². The van der Waals surface area contributed by atoms with E-state index in [1.165, 1.54) is 13.2 Å². The lowest BCUT2D eigenvalue weighted by molar-refractivity contribution is 0.0698. The fourth-order valence-corrected chi connectivity index (χ4v) is 3.58. The number of sulfonamides is 1. The van der Waals surface area contributed by atoms with E-state index in [4.69, 9.17) is 5.11 Å². The number of hydrogen-bond donors (Lipinski definition) is 2. The topological polar surface area (TPSA) is 114 Å². The van der Waals surface area contributed by atoms with Crippen molar-refractivity contribution in [2.24, 2.45) is 7.05 Å². The third kappa shape index (κ3) is 2.58. The van der Waals surface area contributed by atoms with Crippen LogP contribution in [-0.4, -0.2) is 34.3 Å². The molecule has 102 valence electrons. The number of nitrogens with zero attached hydrogens (tertiary/aromatic N) is 3. The highest BCUT2D eigenvalue weighted by Crippen LogP contribution is 2.23. The van der Waals surface area contributed by atoms with Gasteiger partial charge in [0.15, 0.2) is 10.0 Å². The average molecular weight is 302 g/mol. The summed E-state index contributed by atoms with van der Waals surface area (Å²) in [6, 6.07) is 0. The number of rotatable bonds is 4. The molecule has 0 atom stereocenters. The summed E-state index contributed by atoms with van der Waals surface area (Å²) < 4.78 is 27.5. The van der Waals surface area contributed by atoms with Gasteiger partial charge in [-0.2, -0.15) is 5.10 Å². The number of carboxylic acid groups (broad SMARTS) is 1. The first-order chi connectivity index (χ1) is 8.81. The number of nitrogens with one attached hydrogen (secondary N) is 1. The van der Waals surface area contributed by atoms with Gasteiger partial charge in [0.2, 0.25) is 0 Å². The quantitative estimate of drug-likeness (QED) is 0.858. The monoisotopic (exact) mass is 302 g/mol. The first kappa shape index (κ1) is 13.5. The molecule has 0 aliphatic rings. The van der Waals surface area contributed by atoms with E-state index in [9.17, 15) is 13.2 Å². The van der Waals surface area contributed by atoms with Crippen LogP contribution in [0.4, 0.5) is 5.82 Å². The molecule has 0 unspecified atom stereocenters. The maximum atomic E-state index is 12.1. The summed E-state index contributed by atoms with van der Waals surface area (Å²) in [5.74, 6) is -1.36. The molecule has 2 aromatic rings. The second-order valence-electron chi connectivity index (χ2n) is 3.64. The summed E-state index contributed by atoms with van der Waals surface area (Å²) >= 11 is 0.998. The van der Waals surface area contributed by atoms with E-state index in [2.05, 4.69) is 14.8 Å². The van der Waals surface area contributed by atoms with Crippen LogP contribution in [-0.2, 0) is 17.1 Å². The van der Waals surface area contributed by atoms with Crippen LogP contribution in [0.1, 0.15) is 15.4 Å². The van der Waals surface area contributed by atoms with Crippen LogP contribution >= 0.6 is 11.3 Å². The number of hydrogen-bond acceptors (Lipinski definition) is 6. The van der Waals surface area contributed by atoms with Crippen LogP contribution in [0.3, 0.4) is 0 Å².